The second kappa shape index (κ2) is 4.88. The summed E-state index contributed by atoms with van der Waals surface area (Å²) in [6.07, 6.45) is 2.73. The minimum atomic E-state index is -0.722. The molecule has 5 rings (SSSR count). The fourth-order valence-electron chi connectivity index (χ4n) is 5.01. The van der Waals surface area contributed by atoms with Crippen molar-refractivity contribution in [1.82, 2.24) is 4.90 Å². The van der Waals surface area contributed by atoms with Crippen LogP contribution in [0.25, 0.3) is 0 Å². The lowest BCUT2D eigenvalue weighted by molar-refractivity contribution is 0.0575. The van der Waals surface area contributed by atoms with E-state index in [0.29, 0.717) is 23.8 Å². The Morgan fingerprint density at radius 3 is 2.71 bits per heavy atom. The van der Waals surface area contributed by atoms with E-state index in [1.54, 1.807) is 7.11 Å². The molecule has 1 aliphatic carbocycles. The van der Waals surface area contributed by atoms with Gasteiger partial charge in [0.2, 0.25) is 6.79 Å². The molecule has 3 aliphatic heterocycles. The first-order valence-electron chi connectivity index (χ1n) is 8.45. The van der Waals surface area contributed by atoms with Crippen LogP contribution in [0.3, 0.4) is 0 Å². The lowest BCUT2D eigenvalue weighted by Crippen LogP contribution is -2.47. The third kappa shape index (κ3) is 1.71. The summed E-state index contributed by atoms with van der Waals surface area (Å²) in [7, 11) is 1.60. The molecule has 4 aliphatic rings. The molecule has 3 heterocycles. The number of benzene rings is 1. The Morgan fingerprint density at radius 1 is 1.21 bits per heavy atom. The van der Waals surface area contributed by atoms with Gasteiger partial charge in [0.1, 0.15) is 11.9 Å². The maximum Gasteiger partial charge on any atom is 0.231 e. The molecule has 0 saturated carbocycles. The zero-order valence-electron chi connectivity index (χ0n) is 13.6. The molecule has 1 aromatic rings. The quantitative estimate of drug-likeness (QED) is 0.808. The largest absolute Gasteiger partial charge is 0.499 e. The molecule has 0 amide bonds. The van der Waals surface area contributed by atoms with E-state index in [4.69, 9.17) is 14.2 Å². The van der Waals surface area contributed by atoms with Crippen LogP contribution < -0.4 is 9.47 Å². The van der Waals surface area contributed by atoms with Crippen LogP contribution in [0, 0.1) is 0 Å². The van der Waals surface area contributed by atoms with Crippen LogP contribution >= 0.6 is 0 Å². The normalized spacial score (nSPS) is 36.6. The van der Waals surface area contributed by atoms with Crippen molar-refractivity contribution in [2.45, 2.75) is 36.5 Å². The van der Waals surface area contributed by atoms with Gasteiger partial charge in [0.15, 0.2) is 11.5 Å². The molecule has 1 spiro atoms. The van der Waals surface area contributed by atoms with Crippen molar-refractivity contribution in [3.8, 4) is 11.5 Å². The number of methoxy groups -OCH3 is 1. The molecule has 1 fully saturated rings. The van der Waals surface area contributed by atoms with Crippen LogP contribution in [0.15, 0.2) is 24.0 Å². The average Bonchev–Trinajstić information content (AvgIpc) is 3.24. The van der Waals surface area contributed by atoms with Crippen LogP contribution in [0.4, 0.5) is 0 Å². The fourth-order valence-corrected chi connectivity index (χ4v) is 5.01. The van der Waals surface area contributed by atoms with E-state index in [1.807, 2.05) is 12.1 Å². The zero-order chi connectivity index (χ0) is 16.5. The van der Waals surface area contributed by atoms with E-state index in [-0.39, 0.29) is 18.2 Å². The monoisotopic (exact) mass is 331 g/mol. The molecule has 6 nitrogen and oxygen atoms in total. The van der Waals surface area contributed by atoms with Gasteiger partial charge in [0, 0.05) is 12.5 Å². The lowest BCUT2D eigenvalue weighted by Gasteiger charge is -2.38. The van der Waals surface area contributed by atoms with Gasteiger partial charge in [-0.1, -0.05) is 0 Å². The van der Waals surface area contributed by atoms with E-state index in [1.165, 1.54) is 0 Å². The summed E-state index contributed by atoms with van der Waals surface area (Å²) in [6.45, 7) is 1.65. The Bertz CT molecular complexity index is 732. The second-order valence-electron chi connectivity index (χ2n) is 7.06. The topological polar surface area (TPSA) is 71.4 Å². The first-order valence-corrected chi connectivity index (χ1v) is 8.45. The van der Waals surface area contributed by atoms with Crippen molar-refractivity contribution in [3.05, 3.63) is 35.1 Å². The Morgan fingerprint density at radius 2 is 1.96 bits per heavy atom. The molecule has 0 aromatic heterocycles. The lowest BCUT2D eigenvalue weighted by atomic mass is 9.77. The number of rotatable bonds is 1. The number of nitrogens with zero attached hydrogens (tertiary/aromatic N) is 1. The molecular weight excluding hydrogens is 310 g/mol. The van der Waals surface area contributed by atoms with Gasteiger partial charge in [-0.15, -0.1) is 0 Å². The van der Waals surface area contributed by atoms with Crippen molar-refractivity contribution >= 4 is 0 Å². The van der Waals surface area contributed by atoms with Crippen LogP contribution in [-0.4, -0.2) is 53.7 Å². The smallest absolute Gasteiger partial charge is 0.231 e. The van der Waals surface area contributed by atoms with Crippen molar-refractivity contribution in [2.75, 3.05) is 27.0 Å². The molecule has 1 aromatic carbocycles. The number of aliphatic hydroxyl groups excluding tert-OH is 2. The zero-order valence-corrected chi connectivity index (χ0v) is 13.6. The standard InChI is InChI=1S/C18H21NO5/c1-22-15-7-18-3-2-4-19(18)8-12(20)10-5-13-14(24-9-23-13)6-11(10)16(18)17(15)21/h5-7,12,16-17,20-21H,2-4,8-9H2,1H3/t12-,16+,17-,18+/m0/s1. The highest BCUT2D eigenvalue weighted by atomic mass is 16.7. The molecular formula is C18H21NO5. The number of hydrogen-bond acceptors (Lipinski definition) is 6. The number of aliphatic hydroxyl groups is 2. The van der Waals surface area contributed by atoms with Crippen molar-refractivity contribution in [2.24, 2.45) is 0 Å². The maximum absolute atomic E-state index is 11.0. The summed E-state index contributed by atoms with van der Waals surface area (Å²) in [5.74, 6) is 1.79. The summed E-state index contributed by atoms with van der Waals surface area (Å²) in [6, 6.07) is 3.81. The fraction of sp³-hybridized carbons (Fsp3) is 0.556. The highest BCUT2D eigenvalue weighted by molar-refractivity contribution is 5.54. The summed E-state index contributed by atoms with van der Waals surface area (Å²) >= 11 is 0. The first kappa shape index (κ1) is 14.6. The summed E-state index contributed by atoms with van der Waals surface area (Å²) < 4.78 is 16.5. The predicted octanol–water partition coefficient (Wildman–Crippen LogP) is 1.29. The summed E-state index contributed by atoms with van der Waals surface area (Å²) in [4.78, 5) is 2.30. The Balaban J connectivity index is 1.73. The van der Waals surface area contributed by atoms with Gasteiger partial charge >= 0.3 is 0 Å². The highest BCUT2D eigenvalue weighted by Crippen LogP contribution is 2.55. The summed E-state index contributed by atoms with van der Waals surface area (Å²) in [5.41, 5.74) is 1.46. The van der Waals surface area contributed by atoms with Gasteiger partial charge < -0.3 is 24.4 Å². The molecule has 0 bridgehead atoms. The third-order valence-electron chi connectivity index (χ3n) is 6.03. The number of ether oxygens (including phenoxy) is 3. The molecule has 2 N–H and O–H groups in total. The summed E-state index contributed by atoms with van der Waals surface area (Å²) in [5, 5.41) is 21.8. The van der Waals surface area contributed by atoms with E-state index in [0.717, 1.165) is 30.5 Å². The number of hydrogen-bond donors (Lipinski definition) is 2. The van der Waals surface area contributed by atoms with E-state index < -0.39 is 12.2 Å². The van der Waals surface area contributed by atoms with Gasteiger partial charge in [-0.25, -0.2) is 0 Å². The second-order valence-corrected chi connectivity index (χ2v) is 7.06. The molecule has 6 heteroatoms. The van der Waals surface area contributed by atoms with Crippen LogP contribution in [-0.2, 0) is 4.74 Å². The van der Waals surface area contributed by atoms with Crippen molar-refractivity contribution in [1.29, 1.82) is 0 Å². The average molecular weight is 331 g/mol. The van der Waals surface area contributed by atoms with E-state index in [2.05, 4.69) is 11.0 Å². The molecule has 0 unspecified atom stereocenters. The molecule has 1 saturated heterocycles. The van der Waals surface area contributed by atoms with Crippen molar-refractivity contribution in [3.63, 3.8) is 0 Å². The van der Waals surface area contributed by atoms with Gasteiger partial charge in [-0.2, -0.15) is 0 Å². The Labute approximate surface area is 140 Å². The van der Waals surface area contributed by atoms with Gasteiger partial charge in [-0.3, -0.25) is 4.90 Å². The minimum Gasteiger partial charge on any atom is -0.499 e. The van der Waals surface area contributed by atoms with Crippen LogP contribution in [0.5, 0.6) is 11.5 Å². The number of fused-ring (bicyclic) bond motifs is 3. The van der Waals surface area contributed by atoms with E-state index >= 15 is 0 Å². The van der Waals surface area contributed by atoms with Crippen LogP contribution in [0.2, 0.25) is 0 Å². The first-order chi connectivity index (χ1) is 11.6. The van der Waals surface area contributed by atoms with Gasteiger partial charge in [0.05, 0.1) is 18.8 Å². The minimum absolute atomic E-state index is 0.170. The van der Waals surface area contributed by atoms with Crippen molar-refractivity contribution < 1.29 is 24.4 Å². The van der Waals surface area contributed by atoms with Crippen LogP contribution in [0.1, 0.15) is 36.0 Å². The predicted molar refractivity (Wildman–Crippen MR) is 84.9 cm³/mol. The van der Waals surface area contributed by atoms with E-state index in [9.17, 15) is 10.2 Å². The maximum atomic E-state index is 11.0. The molecule has 0 radical (unpaired) electrons. The number of β-amino-alcohol motifs (C(OH)–C–C–N with tert-alkyl or cyclic N) is 1. The molecule has 4 atom stereocenters. The third-order valence-corrected chi connectivity index (χ3v) is 6.03. The Hall–Kier alpha value is -1.76. The Kier molecular flexibility index (Phi) is 2.96. The molecule has 128 valence electrons. The van der Waals surface area contributed by atoms with Gasteiger partial charge in [-0.05, 0) is 48.7 Å². The van der Waals surface area contributed by atoms with Gasteiger partial charge in [0.25, 0.3) is 0 Å². The molecule has 24 heavy (non-hydrogen) atoms. The SMILES string of the molecule is COC1=C[C@@]23CCCN2C[C@H](O)c2cc4c(cc2[C@@H]3[C@H]1O)OCO4. The highest BCUT2D eigenvalue weighted by Gasteiger charge is 2.57.